The molecule has 0 bridgehead atoms. The molecule has 0 amide bonds. The second kappa shape index (κ2) is 9.46. The van der Waals surface area contributed by atoms with Crippen molar-refractivity contribution in [2.75, 3.05) is 25.3 Å². The van der Waals surface area contributed by atoms with Gasteiger partial charge in [0.25, 0.3) is 0 Å². The van der Waals surface area contributed by atoms with Gasteiger partial charge in [0.15, 0.2) is 22.4 Å². The predicted octanol–water partition coefficient (Wildman–Crippen LogP) is 4.89. The van der Waals surface area contributed by atoms with Crippen LogP contribution in [0.1, 0.15) is 29.3 Å². The first kappa shape index (κ1) is 20.0. The third-order valence-electron chi connectivity index (χ3n) is 4.44. The SMILES string of the molecule is CC[C@@H]1CSC(Nc2ccc(C(=O)/C=C/c3ccc(OC)c(OC)c3)cc2)=N1. The molecule has 0 fully saturated rings. The number of allylic oxidation sites excluding steroid dienone is 1. The van der Waals surface area contributed by atoms with Crippen LogP contribution in [0.15, 0.2) is 53.5 Å². The van der Waals surface area contributed by atoms with E-state index in [-0.39, 0.29) is 5.78 Å². The molecule has 6 heteroatoms. The number of thioether (sulfide) groups is 1. The van der Waals surface area contributed by atoms with Gasteiger partial charge in [-0.15, -0.1) is 0 Å². The number of methoxy groups -OCH3 is 2. The Morgan fingerprint density at radius 2 is 1.93 bits per heavy atom. The molecule has 146 valence electrons. The molecule has 0 radical (unpaired) electrons. The van der Waals surface area contributed by atoms with Crippen LogP contribution in [0.3, 0.4) is 0 Å². The number of ether oxygens (including phenoxy) is 2. The Bertz CT molecular complexity index is 891. The third-order valence-corrected chi connectivity index (χ3v) is 5.47. The highest BCUT2D eigenvalue weighted by molar-refractivity contribution is 8.14. The van der Waals surface area contributed by atoms with Gasteiger partial charge in [0.2, 0.25) is 0 Å². The lowest BCUT2D eigenvalue weighted by molar-refractivity contribution is 0.104. The number of amidine groups is 1. The van der Waals surface area contributed by atoms with Crippen molar-refractivity contribution in [3.05, 3.63) is 59.7 Å². The van der Waals surface area contributed by atoms with E-state index in [1.54, 1.807) is 38.1 Å². The standard InChI is InChI=1S/C22H24N2O3S/c1-4-17-14-28-22(23-17)24-18-9-7-16(8-10-18)19(25)11-5-15-6-12-20(26-2)21(13-15)27-3/h5-13,17H,4,14H2,1-3H3,(H,23,24)/b11-5+/t17-/m1/s1. The summed E-state index contributed by atoms with van der Waals surface area (Å²) in [5.41, 5.74) is 2.43. The zero-order valence-corrected chi connectivity index (χ0v) is 17.1. The van der Waals surface area contributed by atoms with Crippen LogP contribution in [0.5, 0.6) is 11.5 Å². The van der Waals surface area contributed by atoms with Crippen molar-refractivity contribution in [3.8, 4) is 11.5 Å². The molecule has 2 aromatic rings. The lowest BCUT2D eigenvalue weighted by atomic mass is 10.1. The van der Waals surface area contributed by atoms with E-state index in [1.165, 1.54) is 0 Å². The molecule has 5 nitrogen and oxygen atoms in total. The van der Waals surface area contributed by atoms with Crippen LogP contribution in [-0.2, 0) is 0 Å². The number of nitrogens with zero attached hydrogens (tertiary/aromatic N) is 1. The summed E-state index contributed by atoms with van der Waals surface area (Å²) in [6.07, 6.45) is 4.38. The van der Waals surface area contributed by atoms with Crippen LogP contribution in [-0.4, -0.2) is 37.0 Å². The monoisotopic (exact) mass is 396 g/mol. The van der Waals surface area contributed by atoms with Crippen molar-refractivity contribution in [3.63, 3.8) is 0 Å². The van der Waals surface area contributed by atoms with Gasteiger partial charge in [-0.05, 0) is 54.5 Å². The van der Waals surface area contributed by atoms with E-state index in [2.05, 4.69) is 17.2 Å². The maximum absolute atomic E-state index is 12.4. The van der Waals surface area contributed by atoms with Crippen molar-refractivity contribution in [2.24, 2.45) is 4.99 Å². The van der Waals surface area contributed by atoms with Gasteiger partial charge in [-0.25, -0.2) is 0 Å². The number of ketones is 1. The molecule has 0 aliphatic carbocycles. The molecular formula is C22H24N2O3S. The van der Waals surface area contributed by atoms with Crippen LogP contribution in [0.25, 0.3) is 6.08 Å². The van der Waals surface area contributed by atoms with Crippen molar-refractivity contribution in [1.82, 2.24) is 0 Å². The number of anilines is 1. The minimum atomic E-state index is -0.0556. The first-order valence-electron chi connectivity index (χ1n) is 9.15. The molecule has 1 aliphatic heterocycles. The maximum atomic E-state index is 12.4. The zero-order chi connectivity index (χ0) is 19.9. The topological polar surface area (TPSA) is 59.9 Å². The van der Waals surface area contributed by atoms with Crippen LogP contribution in [0, 0.1) is 0 Å². The fraction of sp³-hybridized carbons (Fsp3) is 0.273. The van der Waals surface area contributed by atoms with E-state index in [0.29, 0.717) is 23.1 Å². The summed E-state index contributed by atoms with van der Waals surface area (Å²) >= 11 is 1.73. The maximum Gasteiger partial charge on any atom is 0.185 e. The quantitative estimate of drug-likeness (QED) is 0.533. The summed E-state index contributed by atoms with van der Waals surface area (Å²) < 4.78 is 10.5. The summed E-state index contributed by atoms with van der Waals surface area (Å²) in [4.78, 5) is 17.1. The number of aliphatic imine (C=N–C) groups is 1. The van der Waals surface area contributed by atoms with E-state index in [1.807, 2.05) is 42.5 Å². The highest BCUT2D eigenvalue weighted by Gasteiger charge is 2.16. The highest BCUT2D eigenvalue weighted by atomic mass is 32.2. The van der Waals surface area contributed by atoms with Crippen LogP contribution in [0.4, 0.5) is 5.69 Å². The van der Waals surface area contributed by atoms with Crippen LogP contribution >= 0.6 is 11.8 Å². The minimum Gasteiger partial charge on any atom is -0.493 e. The number of carbonyl (C=O) groups is 1. The number of benzene rings is 2. The van der Waals surface area contributed by atoms with Gasteiger partial charge in [0.1, 0.15) is 0 Å². The molecule has 2 aromatic carbocycles. The average Bonchev–Trinajstić information content (AvgIpc) is 3.19. The number of hydrogen-bond donors (Lipinski definition) is 1. The van der Waals surface area contributed by atoms with E-state index < -0.39 is 0 Å². The molecule has 1 atom stereocenters. The number of carbonyl (C=O) groups excluding carboxylic acids is 1. The molecule has 1 aliphatic rings. The van der Waals surface area contributed by atoms with Crippen molar-refractivity contribution < 1.29 is 14.3 Å². The lowest BCUT2D eigenvalue weighted by Crippen LogP contribution is -2.05. The molecule has 0 saturated carbocycles. The average molecular weight is 397 g/mol. The molecule has 0 spiro atoms. The molecule has 28 heavy (non-hydrogen) atoms. The largest absolute Gasteiger partial charge is 0.493 e. The predicted molar refractivity (Wildman–Crippen MR) is 117 cm³/mol. The number of rotatable bonds is 7. The Labute approximate surface area is 169 Å². The Hall–Kier alpha value is -2.73. The second-order valence-electron chi connectivity index (χ2n) is 6.32. The van der Waals surface area contributed by atoms with E-state index >= 15 is 0 Å². The van der Waals surface area contributed by atoms with Gasteiger partial charge in [-0.1, -0.05) is 30.8 Å². The van der Waals surface area contributed by atoms with E-state index in [4.69, 9.17) is 9.47 Å². The minimum absolute atomic E-state index is 0.0556. The Morgan fingerprint density at radius 1 is 1.18 bits per heavy atom. The molecule has 3 rings (SSSR count). The molecule has 0 unspecified atom stereocenters. The highest BCUT2D eigenvalue weighted by Crippen LogP contribution is 2.28. The Balaban J connectivity index is 1.64. The third kappa shape index (κ3) is 4.95. The summed E-state index contributed by atoms with van der Waals surface area (Å²) in [6, 6.07) is 13.4. The molecule has 1 N–H and O–H groups in total. The summed E-state index contributed by atoms with van der Waals surface area (Å²) in [5, 5.41) is 4.25. The van der Waals surface area contributed by atoms with Gasteiger partial charge in [-0.3, -0.25) is 9.79 Å². The van der Waals surface area contributed by atoms with E-state index in [0.717, 1.165) is 28.6 Å². The summed E-state index contributed by atoms with van der Waals surface area (Å²) in [6.45, 7) is 2.15. The summed E-state index contributed by atoms with van der Waals surface area (Å²) in [5.74, 6) is 2.26. The summed E-state index contributed by atoms with van der Waals surface area (Å²) in [7, 11) is 3.18. The molecule has 0 aromatic heterocycles. The van der Waals surface area contributed by atoms with Gasteiger partial charge < -0.3 is 14.8 Å². The van der Waals surface area contributed by atoms with Crippen molar-refractivity contribution >= 4 is 34.5 Å². The molecule has 0 saturated heterocycles. The fourth-order valence-corrected chi connectivity index (χ4v) is 3.83. The van der Waals surface area contributed by atoms with Crippen molar-refractivity contribution in [1.29, 1.82) is 0 Å². The zero-order valence-electron chi connectivity index (χ0n) is 16.3. The second-order valence-corrected chi connectivity index (χ2v) is 7.33. The molecular weight excluding hydrogens is 372 g/mol. The Kier molecular flexibility index (Phi) is 6.76. The van der Waals surface area contributed by atoms with Gasteiger partial charge in [0.05, 0.1) is 20.3 Å². The van der Waals surface area contributed by atoms with Gasteiger partial charge in [-0.2, -0.15) is 0 Å². The number of nitrogens with one attached hydrogen (secondary N) is 1. The fourth-order valence-electron chi connectivity index (χ4n) is 2.76. The number of hydrogen-bond acceptors (Lipinski definition) is 6. The first-order chi connectivity index (χ1) is 13.6. The normalized spacial score (nSPS) is 16.1. The van der Waals surface area contributed by atoms with Crippen LogP contribution < -0.4 is 14.8 Å². The lowest BCUT2D eigenvalue weighted by Gasteiger charge is -2.07. The first-order valence-corrected chi connectivity index (χ1v) is 10.1. The van der Waals surface area contributed by atoms with Crippen LogP contribution in [0.2, 0.25) is 0 Å². The van der Waals surface area contributed by atoms with Gasteiger partial charge in [0, 0.05) is 17.0 Å². The molecule has 1 heterocycles. The van der Waals surface area contributed by atoms with E-state index in [9.17, 15) is 4.79 Å². The Morgan fingerprint density at radius 3 is 2.57 bits per heavy atom. The smallest absolute Gasteiger partial charge is 0.185 e. The van der Waals surface area contributed by atoms with Crippen molar-refractivity contribution in [2.45, 2.75) is 19.4 Å². The van der Waals surface area contributed by atoms with Gasteiger partial charge >= 0.3 is 0 Å².